The molecule has 0 aliphatic carbocycles. The van der Waals surface area contributed by atoms with Crippen molar-refractivity contribution in [3.8, 4) is 5.75 Å². The van der Waals surface area contributed by atoms with Gasteiger partial charge in [-0.2, -0.15) is 0 Å². The van der Waals surface area contributed by atoms with Gasteiger partial charge in [-0.3, -0.25) is 0 Å². The van der Waals surface area contributed by atoms with Crippen molar-refractivity contribution in [2.24, 2.45) is 0 Å². The Kier molecular flexibility index (Phi) is 5.49. The second kappa shape index (κ2) is 6.91. The number of esters is 1. The molecule has 0 amide bonds. The molecular weight excluding hydrogens is 220 g/mol. The van der Waals surface area contributed by atoms with E-state index in [0.29, 0.717) is 30.9 Å². The highest BCUT2D eigenvalue weighted by Crippen LogP contribution is 2.19. The average Bonchev–Trinajstić information content (AvgIpc) is 2.35. The van der Waals surface area contributed by atoms with Crippen molar-refractivity contribution >= 4 is 5.97 Å². The molecule has 0 spiro atoms. The number of methoxy groups -OCH3 is 2. The van der Waals surface area contributed by atoms with Crippen LogP contribution in [0.15, 0.2) is 18.2 Å². The molecule has 0 saturated carbocycles. The molecule has 0 bridgehead atoms. The van der Waals surface area contributed by atoms with Crippen LogP contribution in [0.4, 0.5) is 0 Å². The third-order valence-corrected chi connectivity index (χ3v) is 2.37. The van der Waals surface area contributed by atoms with Gasteiger partial charge in [-0.25, -0.2) is 4.79 Å². The first-order chi connectivity index (χ1) is 8.19. The highest BCUT2D eigenvalue weighted by molar-refractivity contribution is 5.90. The number of ether oxygens (including phenoxy) is 3. The van der Waals surface area contributed by atoms with Crippen LogP contribution in [0.3, 0.4) is 0 Å². The van der Waals surface area contributed by atoms with Gasteiger partial charge in [0, 0.05) is 20.1 Å². The largest absolute Gasteiger partial charge is 0.496 e. The Bertz CT molecular complexity index is 374. The van der Waals surface area contributed by atoms with E-state index in [4.69, 9.17) is 14.2 Å². The minimum Gasteiger partial charge on any atom is -0.496 e. The number of hydrogen-bond donors (Lipinski definition) is 0. The lowest BCUT2D eigenvalue weighted by Crippen LogP contribution is -2.08. The van der Waals surface area contributed by atoms with Crippen molar-refractivity contribution in [2.75, 3.05) is 27.4 Å². The summed E-state index contributed by atoms with van der Waals surface area (Å²) in [6, 6.07) is 5.26. The van der Waals surface area contributed by atoms with E-state index in [-0.39, 0.29) is 5.97 Å². The second-order valence-electron chi connectivity index (χ2n) is 3.67. The Morgan fingerprint density at radius 3 is 2.65 bits per heavy atom. The van der Waals surface area contributed by atoms with Crippen LogP contribution in [-0.4, -0.2) is 33.4 Å². The Hall–Kier alpha value is -1.55. The van der Waals surface area contributed by atoms with Gasteiger partial charge in [0.05, 0.1) is 19.3 Å². The molecule has 4 heteroatoms. The van der Waals surface area contributed by atoms with Gasteiger partial charge in [0.15, 0.2) is 0 Å². The third-order valence-electron chi connectivity index (χ3n) is 2.37. The zero-order valence-corrected chi connectivity index (χ0v) is 10.5. The van der Waals surface area contributed by atoms with Crippen LogP contribution in [-0.2, 0) is 9.47 Å². The van der Waals surface area contributed by atoms with E-state index in [1.165, 1.54) is 0 Å². The summed E-state index contributed by atoms with van der Waals surface area (Å²) >= 11 is 0. The van der Waals surface area contributed by atoms with E-state index in [2.05, 4.69) is 0 Å². The molecule has 1 rings (SSSR count). The maximum atomic E-state index is 11.7. The molecule has 1 aromatic rings. The highest BCUT2D eigenvalue weighted by atomic mass is 16.5. The number of hydrogen-bond acceptors (Lipinski definition) is 4. The van der Waals surface area contributed by atoms with Gasteiger partial charge in [-0.05, 0) is 24.6 Å². The van der Waals surface area contributed by atoms with Crippen molar-refractivity contribution in [1.82, 2.24) is 0 Å². The standard InChI is InChI=1S/C13H18O4/c1-10-5-6-11(9-12(10)16-3)13(14)17-8-4-7-15-2/h5-6,9H,4,7-8H2,1-3H3. The van der Waals surface area contributed by atoms with E-state index in [9.17, 15) is 4.79 Å². The number of carbonyl (C=O) groups excluding carboxylic acids is 1. The SMILES string of the molecule is COCCCOC(=O)c1ccc(C)c(OC)c1. The van der Waals surface area contributed by atoms with Crippen LogP contribution in [0, 0.1) is 6.92 Å². The first kappa shape index (κ1) is 13.5. The van der Waals surface area contributed by atoms with Gasteiger partial charge in [0.1, 0.15) is 5.75 Å². The molecule has 0 fully saturated rings. The van der Waals surface area contributed by atoms with E-state index >= 15 is 0 Å². The van der Waals surface area contributed by atoms with Gasteiger partial charge < -0.3 is 14.2 Å². The molecule has 0 unspecified atom stereocenters. The lowest BCUT2D eigenvalue weighted by atomic mass is 10.1. The quantitative estimate of drug-likeness (QED) is 0.563. The number of benzene rings is 1. The van der Waals surface area contributed by atoms with Crippen molar-refractivity contribution in [1.29, 1.82) is 0 Å². The van der Waals surface area contributed by atoms with Gasteiger partial charge in [-0.15, -0.1) is 0 Å². The zero-order chi connectivity index (χ0) is 12.7. The van der Waals surface area contributed by atoms with Crippen LogP contribution < -0.4 is 4.74 Å². The average molecular weight is 238 g/mol. The maximum absolute atomic E-state index is 11.7. The molecule has 0 saturated heterocycles. The number of rotatable bonds is 6. The Morgan fingerprint density at radius 2 is 2.00 bits per heavy atom. The van der Waals surface area contributed by atoms with Crippen molar-refractivity contribution < 1.29 is 19.0 Å². The van der Waals surface area contributed by atoms with Gasteiger partial charge >= 0.3 is 5.97 Å². The molecule has 0 aliphatic heterocycles. The summed E-state index contributed by atoms with van der Waals surface area (Å²) in [5.41, 5.74) is 1.49. The van der Waals surface area contributed by atoms with Crippen LogP contribution in [0.2, 0.25) is 0 Å². The fraction of sp³-hybridized carbons (Fsp3) is 0.462. The summed E-state index contributed by atoms with van der Waals surface area (Å²) in [6.45, 7) is 2.87. The summed E-state index contributed by atoms with van der Waals surface area (Å²) in [7, 11) is 3.20. The van der Waals surface area contributed by atoms with E-state index in [1.807, 2.05) is 13.0 Å². The van der Waals surface area contributed by atoms with E-state index in [1.54, 1.807) is 26.4 Å². The predicted octanol–water partition coefficient (Wildman–Crippen LogP) is 2.20. The molecule has 0 N–H and O–H groups in total. The molecular formula is C13H18O4. The summed E-state index contributed by atoms with van der Waals surface area (Å²) in [4.78, 5) is 11.7. The topological polar surface area (TPSA) is 44.8 Å². The molecule has 4 nitrogen and oxygen atoms in total. The molecule has 0 aromatic heterocycles. The lowest BCUT2D eigenvalue weighted by molar-refractivity contribution is 0.0468. The predicted molar refractivity (Wildman–Crippen MR) is 64.5 cm³/mol. The van der Waals surface area contributed by atoms with Crippen LogP contribution in [0.5, 0.6) is 5.75 Å². The molecule has 94 valence electrons. The molecule has 0 heterocycles. The first-order valence-corrected chi connectivity index (χ1v) is 5.49. The van der Waals surface area contributed by atoms with Crippen LogP contribution in [0.1, 0.15) is 22.3 Å². The monoisotopic (exact) mass is 238 g/mol. The molecule has 17 heavy (non-hydrogen) atoms. The molecule has 0 radical (unpaired) electrons. The number of aryl methyl sites for hydroxylation is 1. The van der Waals surface area contributed by atoms with Gasteiger partial charge in [-0.1, -0.05) is 6.07 Å². The Labute approximate surface area is 101 Å². The van der Waals surface area contributed by atoms with Crippen molar-refractivity contribution in [3.05, 3.63) is 29.3 Å². The summed E-state index contributed by atoms with van der Waals surface area (Å²) in [6.07, 6.45) is 0.700. The summed E-state index contributed by atoms with van der Waals surface area (Å²) in [5, 5.41) is 0. The fourth-order valence-corrected chi connectivity index (χ4v) is 1.40. The van der Waals surface area contributed by atoms with Gasteiger partial charge in [0.25, 0.3) is 0 Å². The minimum atomic E-state index is -0.334. The Morgan fingerprint density at radius 1 is 1.24 bits per heavy atom. The maximum Gasteiger partial charge on any atom is 0.338 e. The lowest BCUT2D eigenvalue weighted by Gasteiger charge is -2.08. The van der Waals surface area contributed by atoms with E-state index < -0.39 is 0 Å². The molecule has 0 atom stereocenters. The smallest absolute Gasteiger partial charge is 0.338 e. The first-order valence-electron chi connectivity index (χ1n) is 5.49. The van der Waals surface area contributed by atoms with Crippen LogP contribution in [0.25, 0.3) is 0 Å². The van der Waals surface area contributed by atoms with Crippen LogP contribution >= 0.6 is 0 Å². The third kappa shape index (κ3) is 4.07. The zero-order valence-electron chi connectivity index (χ0n) is 10.5. The highest BCUT2D eigenvalue weighted by Gasteiger charge is 2.09. The minimum absolute atomic E-state index is 0.334. The molecule has 0 aliphatic rings. The van der Waals surface area contributed by atoms with Crippen molar-refractivity contribution in [3.63, 3.8) is 0 Å². The van der Waals surface area contributed by atoms with Crippen molar-refractivity contribution in [2.45, 2.75) is 13.3 Å². The normalized spacial score (nSPS) is 10.1. The fourth-order valence-electron chi connectivity index (χ4n) is 1.40. The van der Waals surface area contributed by atoms with E-state index in [0.717, 1.165) is 5.56 Å². The summed E-state index contributed by atoms with van der Waals surface area (Å²) < 4.78 is 15.1. The second-order valence-corrected chi connectivity index (χ2v) is 3.67. The Balaban J connectivity index is 2.57. The van der Waals surface area contributed by atoms with Gasteiger partial charge in [0.2, 0.25) is 0 Å². The number of carbonyl (C=O) groups is 1. The molecule has 1 aromatic carbocycles. The summed E-state index contributed by atoms with van der Waals surface area (Å²) in [5.74, 6) is 0.357.